The fraction of sp³-hybridized carbons (Fsp3) is 0. The van der Waals surface area contributed by atoms with Crippen molar-refractivity contribution in [1.29, 1.82) is 0 Å². The van der Waals surface area contributed by atoms with Gasteiger partial charge in [0.1, 0.15) is 50.4 Å². The molecule has 0 saturated carbocycles. The maximum Gasteiger partial charge on any atom is 0.135 e. The van der Waals surface area contributed by atoms with Crippen molar-refractivity contribution >= 4 is 110 Å². The van der Waals surface area contributed by atoms with Crippen LogP contribution in [0, 0.1) is 0 Å². The van der Waals surface area contributed by atoms with E-state index in [9.17, 15) is 0 Å². The van der Waals surface area contributed by atoms with Crippen LogP contribution in [0.1, 0.15) is 0 Å². The van der Waals surface area contributed by atoms with Crippen LogP contribution in [0.4, 0.5) is 0 Å². The van der Waals surface area contributed by atoms with E-state index < -0.39 is 0 Å². The average Bonchev–Trinajstić information content (AvgIpc) is 3.44. The van der Waals surface area contributed by atoms with E-state index in [1.807, 2.05) is 30.3 Å². The van der Waals surface area contributed by atoms with Crippen molar-refractivity contribution in [3.8, 4) is 33.4 Å². The van der Waals surface area contributed by atoms with Crippen LogP contribution in [0.25, 0.3) is 76.9 Å². The van der Waals surface area contributed by atoms with Crippen molar-refractivity contribution in [3.63, 3.8) is 0 Å². The minimum Gasteiger partial charge on any atom is -0.456 e. The highest BCUT2D eigenvalue weighted by atomic mass is 16.3. The van der Waals surface area contributed by atoms with Crippen LogP contribution in [0.3, 0.4) is 0 Å². The molecule has 1 aromatic heterocycles. The Morgan fingerprint density at radius 3 is 1.30 bits per heavy atom. The molecular formula is C38H19B5O. The molecule has 1 nitrogen and oxygen atoms in total. The molecule has 0 spiro atoms. The lowest BCUT2D eigenvalue weighted by molar-refractivity contribution is 0.669. The summed E-state index contributed by atoms with van der Waals surface area (Å²) in [5.41, 5.74) is 8.93. The molecule has 6 heteroatoms. The van der Waals surface area contributed by atoms with Gasteiger partial charge in [0.2, 0.25) is 0 Å². The van der Waals surface area contributed by atoms with Gasteiger partial charge in [-0.3, -0.25) is 0 Å². The summed E-state index contributed by atoms with van der Waals surface area (Å²) in [5.74, 6) is 0. The van der Waals surface area contributed by atoms with E-state index in [2.05, 4.69) is 84.9 Å². The minimum absolute atomic E-state index is 0.199. The smallest absolute Gasteiger partial charge is 0.135 e. The Labute approximate surface area is 262 Å². The molecule has 8 aromatic rings. The van der Waals surface area contributed by atoms with E-state index in [0.29, 0.717) is 16.5 Å². The van der Waals surface area contributed by atoms with Crippen LogP contribution in [0.5, 0.6) is 0 Å². The highest BCUT2D eigenvalue weighted by Crippen LogP contribution is 2.44. The number of rotatable bonds is 3. The van der Waals surface area contributed by atoms with Gasteiger partial charge in [-0.2, -0.15) is 0 Å². The van der Waals surface area contributed by atoms with Gasteiger partial charge >= 0.3 is 0 Å². The topological polar surface area (TPSA) is 13.1 Å². The molecule has 0 fully saturated rings. The number of benzene rings is 7. The summed E-state index contributed by atoms with van der Waals surface area (Å²) in [7, 11) is 32.1. The van der Waals surface area contributed by atoms with Gasteiger partial charge in [-0.15, -0.1) is 16.4 Å². The highest BCUT2D eigenvalue weighted by molar-refractivity contribution is 6.69. The normalized spacial score (nSPS) is 11.6. The first-order chi connectivity index (χ1) is 21.4. The zero-order chi connectivity index (χ0) is 30.1. The maximum atomic E-state index is 6.62. The third-order valence-corrected chi connectivity index (χ3v) is 8.75. The average molecular weight is 546 g/mol. The number of hydrogen-bond acceptors (Lipinski definition) is 1. The van der Waals surface area contributed by atoms with E-state index >= 15 is 0 Å². The van der Waals surface area contributed by atoms with Crippen LogP contribution in [0.2, 0.25) is 0 Å². The first-order valence-corrected chi connectivity index (χ1v) is 14.4. The molecule has 10 radical (unpaired) electrons. The fourth-order valence-corrected chi connectivity index (χ4v) is 6.57. The van der Waals surface area contributed by atoms with E-state index in [4.69, 9.17) is 43.6 Å². The second-order valence-corrected chi connectivity index (χ2v) is 11.2. The van der Waals surface area contributed by atoms with Gasteiger partial charge in [0, 0.05) is 10.8 Å². The predicted octanol–water partition coefficient (Wildman–Crippen LogP) is 4.86. The number of fused-ring (bicyclic) bond motifs is 5. The maximum absolute atomic E-state index is 6.62. The standard InChI is InChI=1S/C38H19B5O/c39-34-33(35(40)37(42)38(43)36(34)41)32-25-12-6-4-10-23(25)31(24-11-5-7-13-26(24)32)22-15-17-30-28(19-22)27-18-21(14-16-29(27)44-30)20-8-2-1-3-9-20/h1-19H. The Hall–Kier alpha value is -4.82. The summed E-state index contributed by atoms with van der Waals surface area (Å²) in [6.07, 6.45) is 0. The SMILES string of the molecule is [B]c1c([B])c([B])c(-c2c3ccccc3c(-c3ccc4oc5ccc(-c6ccccc6)cc5c4c3)c3ccccc23)c([B])c1[B]. The Balaban J connectivity index is 1.45. The Morgan fingerprint density at radius 2 is 0.750 bits per heavy atom. The molecule has 8 rings (SSSR count). The molecule has 0 aliphatic heterocycles. The van der Waals surface area contributed by atoms with Gasteiger partial charge in [0.25, 0.3) is 0 Å². The summed E-state index contributed by atoms with van der Waals surface area (Å²) in [6.45, 7) is 0. The quantitative estimate of drug-likeness (QED) is 0.228. The van der Waals surface area contributed by atoms with Crippen LogP contribution in [-0.2, 0) is 0 Å². The lowest BCUT2D eigenvalue weighted by Crippen LogP contribution is -2.55. The molecule has 0 aliphatic carbocycles. The van der Waals surface area contributed by atoms with Gasteiger partial charge in [0.15, 0.2) is 0 Å². The predicted molar refractivity (Wildman–Crippen MR) is 192 cm³/mol. The number of furan rings is 1. The lowest BCUT2D eigenvalue weighted by atomic mass is 9.59. The largest absolute Gasteiger partial charge is 0.456 e. The zero-order valence-electron chi connectivity index (χ0n) is 23.8. The molecule has 0 aliphatic rings. The van der Waals surface area contributed by atoms with Crippen molar-refractivity contribution < 1.29 is 4.42 Å². The number of hydrogen-bond donors (Lipinski definition) is 0. The monoisotopic (exact) mass is 546 g/mol. The molecule has 192 valence electrons. The second kappa shape index (κ2) is 10.1. The van der Waals surface area contributed by atoms with Crippen LogP contribution < -0.4 is 27.3 Å². The molecule has 1 heterocycles. The second-order valence-electron chi connectivity index (χ2n) is 11.2. The summed E-state index contributed by atoms with van der Waals surface area (Å²) in [6, 6.07) is 39.7. The molecule has 0 atom stereocenters. The zero-order valence-corrected chi connectivity index (χ0v) is 23.8. The highest BCUT2D eigenvalue weighted by Gasteiger charge is 2.21. The van der Waals surface area contributed by atoms with Crippen LogP contribution >= 0.6 is 0 Å². The summed E-state index contributed by atoms with van der Waals surface area (Å²) >= 11 is 0. The lowest BCUT2D eigenvalue weighted by Gasteiger charge is -2.25. The van der Waals surface area contributed by atoms with Crippen molar-refractivity contribution in [2.24, 2.45) is 0 Å². The van der Waals surface area contributed by atoms with Gasteiger partial charge in [-0.1, -0.05) is 102 Å². The van der Waals surface area contributed by atoms with E-state index in [-0.39, 0.29) is 16.4 Å². The van der Waals surface area contributed by atoms with Gasteiger partial charge in [0.05, 0.1) is 0 Å². The molecule has 0 unspecified atom stereocenters. The Kier molecular flexibility index (Phi) is 6.17. The van der Waals surface area contributed by atoms with Crippen molar-refractivity contribution in [2.45, 2.75) is 0 Å². The van der Waals surface area contributed by atoms with Crippen molar-refractivity contribution in [1.82, 2.24) is 0 Å². The van der Waals surface area contributed by atoms with Crippen LogP contribution in [-0.4, -0.2) is 39.2 Å². The fourth-order valence-electron chi connectivity index (χ4n) is 6.57. The third-order valence-electron chi connectivity index (χ3n) is 8.75. The molecular weight excluding hydrogens is 526 g/mol. The van der Waals surface area contributed by atoms with E-state index in [0.717, 1.165) is 71.3 Å². The first kappa shape index (κ1) is 26.8. The van der Waals surface area contributed by atoms with Crippen molar-refractivity contribution in [2.75, 3.05) is 0 Å². The van der Waals surface area contributed by atoms with Crippen molar-refractivity contribution in [3.05, 3.63) is 115 Å². The minimum atomic E-state index is 0.199. The molecule has 0 saturated heterocycles. The first-order valence-electron chi connectivity index (χ1n) is 14.4. The van der Waals surface area contributed by atoms with Gasteiger partial charge < -0.3 is 4.42 Å². The molecule has 44 heavy (non-hydrogen) atoms. The Morgan fingerprint density at radius 1 is 0.318 bits per heavy atom. The van der Waals surface area contributed by atoms with E-state index in [1.165, 1.54) is 0 Å². The van der Waals surface area contributed by atoms with E-state index in [1.54, 1.807) is 0 Å². The Bertz CT molecular complexity index is 2360. The summed E-state index contributed by atoms with van der Waals surface area (Å²) in [4.78, 5) is 0. The molecule has 0 N–H and O–H groups in total. The third kappa shape index (κ3) is 3.94. The summed E-state index contributed by atoms with van der Waals surface area (Å²) in [5, 5.41) is 6.18. The molecule has 7 aromatic carbocycles. The molecule has 0 amide bonds. The van der Waals surface area contributed by atoms with Gasteiger partial charge in [-0.25, -0.2) is 0 Å². The van der Waals surface area contributed by atoms with Crippen LogP contribution in [0.15, 0.2) is 120 Å². The molecule has 0 bridgehead atoms. The summed E-state index contributed by atoms with van der Waals surface area (Å²) < 4.78 is 6.28. The van der Waals surface area contributed by atoms with Gasteiger partial charge in [-0.05, 0) is 79.2 Å².